The maximum Gasteiger partial charge on any atom is 0.276 e. The summed E-state index contributed by atoms with van der Waals surface area (Å²) in [6, 6.07) is 1.82. The largest absolute Gasteiger partial charge is 0.376 e. The molecule has 0 bridgehead atoms. The van der Waals surface area contributed by atoms with Crippen LogP contribution in [0, 0.1) is 0 Å². The number of likely N-dealkylation sites (tertiary alicyclic amines) is 1. The molecule has 2 aliphatic heterocycles. The summed E-state index contributed by atoms with van der Waals surface area (Å²) in [7, 11) is 0. The van der Waals surface area contributed by atoms with Crippen molar-refractivity contribution in [3.05, 3.63) is 17.5 Å². The molecule has 1 amide bonds. The van der Waals surface area contributed by atoms with Crippen LogP contribution in [-0.4, -0.2) is 54.0 Å². The van der Waals surface area contributed by atoms with Crippen molar-refractivity contribution >= 4 is 5.91 Å². The van der Waals surface area contributed by atoms with Gasteiger partial charge >= 0.3 is 0 Å². The van der Waals surface area contributed by atoms with Crippen LogP contribution in [0.25, 0.3) is 0 Å². The van der Waals surface area contributed by atoms with E-state index < -0.39 is 0 Å². The zero-order valence-corrected chi connectivity index (χ0v) is 13.6. The maximum atomic E-state index is 12.6. The SMILES string of the molecule is CCOC1COC2(CCN(C(=O)c3cc(C4CC4)on3)CC2)C1. The predicted octanol–water partition coefficient (Wildman–Crippen LogP) is 2.35. The van der Waals surface area contributed by atoms with E-state index in [2.05, 4.69) is 5.16 Å². The van der Waals surface area contributed by atoms with Crippen LogP contribution >= 0.6 is 0 Å². The van der Waals surface area contributed by atoms with E-state index in [4.69, 9.17) is 14.0 Å². The molecule has 3 aliphatic rings. The number of ether oxygens (including phenoxy) is 2. The van der Waals surface area contributed by atoms with Crippen LogP contribution in [0.4, 0.5) is 0 Å². The minimum absolute atomic E-state index is 0.0187. The highest BCUT2D eigenvalue weighted by Crippen LogP contribution is 2.40. The number of piperidine rings is 1. The Bertz CT molecular complexity index is 573. The molecule has 2 saturated heterocycles. The lowest BCUT2D eigenvalue weighted by atomic mass is 9.88. The van der Waals surface area contributed by atoms with Gasteiger partial charge in [0.1, 0.15) is 5.76 Å². The molecule has 1 aromatic heterocycles. The first-order valence-corrected chi connectivity index (χ1v) is 8.70. The fourth-order valence-corrected chi connectivity index (χ4v) is 3.72. The van der Waals surface area contributed by atoms with E-state index in [9.17, 15) is 4.79 Å². The smallest absolute Gasteiger partial charge is 0.276 e. The van der Waals surface area contributed by atoms with Crippen LogP contribution in [0.3, 0.4) is 0 Å². The monoisotopic (exact) mass is 320 g/mol. The summed E-state index contributed by atoms with van der Waals surface area (Å²) in [6.45, 7) is 4.84. The first-order chi connectivity index (χ1) is 11.2. The molecule has 126 valence electrons. The van der Waals surface area contributed by atoms with E-state index in [-0.39, 0.29) is 17.6 Å². The molecule has 6 nitrogen and oxygen atoms in total. The van der Waals surface area contributed by atoms with Crippen LogP contribution in [0.15, 0.2) is 10.6 Å². The highest BCUT2D eigenvalue weighted by Gasteiger charge is 2.44. The van der Waals surface area contributed by atoms with Crippen LogP contribution in [-0.2, 0) is 9.47 Å². The minimum atomic E-state index is -0.0976. The van der Waals surface area contributed by atoms with Gasteiger partial charge in [0, 0.05) is 38.1 Å². The second kappa shape index (κ2) is 5.91. The number of carbonyl (C=O) groups is 1. The van der Waals surface area contributed by atoms with Crippen molar-refractivity contribution < 1.29 is 18.8 Å². The molecule has 1 spiro atoms. The quantitative estimate of drug-likeness (QED) is 0.852. The van der Waals surface area contributed by atoms with Gasteiger partial charge in [0.25, 0.3) is 5.91 Å². The summed E-state index contributed by atoms with van der Waals surface area (Å²) in [5.74, 6) is 1.33. The highest BCUT2D eigenvalue weighted by molar-refractivity contribution is 5.92. The van der Waals surface area contributed by atoms with Gasteiger partial charge in [-0.3, -0.25) is 4.79 Å². The van der Waals surface area contributed by atoms with Crippen LogP contribution < -0.4 is 0 Å². The van der Waals surface area contributed by atoms with Gasteiger partial charge in [0.2, 0.25) is 0 Å². The molecule has 0 N–H and O–H groups in total. The summed E-state index contributed by atoms with van der Waals surface area (Å²) < 4.78 is 17.0. The van der Waals surface area contributed by atoms with Crippen molar-refractivity contribution in [1.82, 2.24) is 10.1 Å². The number of aromatic nitrogens is 1. The normalized spacial score (nSPS) is 26.8. The number of hydrogen-bond donors (Lipinski definition) is 0. The fourth-order valence-electron chi connectivity index (χ4n) is 3.72. The average Bonchev–Trinajstić information content (AvgIpc) is 3.17. The maximum absolute atomic E-state index is 12.6. The summed E-state index contributed by atoms with van der Waals surface area (Å²) in [6.07, 6.45) is 5.18. The van der Waals surface area contributed by atoms with E-state index >= 15 is 0 Å². The second-order valence-corrected chi connectivity index (χ2v) is 6.96. The van der Waals surface area contributed by atoms with Crippen molar-refractivity contribution in [3.8, 4) is 0 Å². The van der Waals surface area contributed by atoms with Crippen molar-refractivity contribution in [2.24, 2.45) is 0 Å². The van der Waals surface area contributed by atoms with Gasteiger partial charge in [-0.2, -0.15) is 0 Å². The molecule has 6 heteroatoms. The Hall–Kier alpha value is -1.40. The number of hydrogen-bond acceptors (Lipinski definition) is 5. The standard InChI is InChI=1S/C17H24N2O4/c1-2-21-13-10-17(22-11-13)5-7-19(8-6-17)16(20)14-9-15(23-18-14)12-3-4-12/h9,12-13H,2-8,10-11H2,1H3. The fraction of sp³-hybridized carbons (Fsp3) is 0.765. The third-order valence-electron chi connectivity index (χ3n) is 5.27. The lowest BCUT2D eigenvalue weighted by Crippen LogP contribution is -2.46. The van der Waals surface area contributed by atoms with Gasteiger partial charge in [-0.15, -0.1) is 0 Å². The van der Waals surface area contributed by atoms with Crippen LogP contribution in [0.2, 0.25) is 0 Å². The third-order valence-corrected chi connectivity index (χ3v) is 5.27. The molecule has 23 heavy (non-hydrogen) atoms. The summed E-state index contributed by atoms with van der Waals surface area (Å²) in [5.41, 5.74) is 0.349. The molecule has 0 radical (unpaired) electrons. The number of rotatable bonds is 4. The van der Waals surface area contributed by atoms with Gasteiger partial charge in [-0.05, 0) is 32.6 Å². The van der Waals surface area contributed by atoms with Crippen molar-refractivity contribution in [2.45, 2.75) is 56.7 Å². The molecule has 1 aliphatic carbocycles. The lowest BCUT2D eigenvalue weighted by Gasteiger charge is -2.38. The van der Waals surface area contributed by atoms with Crippen molar-refractivity contribution in [2.75, 3.05) is 26.3 Å². The van der Waals surface area contributed by atoms with E-state index in [0.29, 0.717) is 31.3 Å². The Morgan fingerprint density at radius 2 is 2.22 bits per heavy atom. The highest BCUT2D eigenvalue weighted by atomic mass is 16.6. The Labute approximate surface area is 136 Å². The Balaban J connectivity index is 1.34. The molecule has 1 aromatic rings. The molecule has 1 atom stereocenters. The van der Waals surface area contributed by atoms with Crippen molar-refractivity contribution in [3.63, 3.8) is 0 Å². The topological polar surface area (TPSA) is 64.8 Å². The van der Waals surface area contributed by atoms with Gasteiger partial charge in [0.05, 0.1) is 18.3 Å². The zero-order valence-electron chi connectivity index (χ0n) is 13.6. The number of nitrogens with zero attached hydrogens (tertiary/aromatic N) is 2. The lowest BCUT2D eigenvalue weighted by molar-refractivity contribution is -0.0408. The first kappa shape index (κ1) is 15.1. The molecule has 4 rings (SSSR count). The Morgan fingerprint density at radius 1 is 1.43 bits per heavy atom. The predicted molar refractivity (Wildman–Crippen MR) is 82.3 cm³/mol. The number of carbonyl (C=O) groups excluding carboxylic acids is 1. The van der Waals surface area contributed by atoms with Gasteiger partial charge < -0.3 is 18.9 Å². The summed E-state index contributed by atoms with van der Waals surface area (Å²) in [4.78, 5) is 14.4. The molecule has 3 fully saturated rings. The molecule has 1 unspecified atom stereocenters. The summed E-state index contributed by atoms with van der Waals surface area (Å²) in [5, 5.41) is 3.96. The molecule has 0 aromatic carbocycles. The van der Waals surface area contributed by atoms with Gasteiger partial charge in [0.15, 0.2) is 5.69 Å². The molecular weight excluding hydrogens is 296 g/mol. The van der Waals surface area contributed by atoms with Crippen LogP contribution in [0.5, 0.6) is 0 Å². The number of amides is 1. The van der Waals surface area contributed by atoms with E-state index in [0.717, 1.165) is 44.5 Å². The molecule has 3 heterocycles. The minimum Gasteiger partial charge on any atom is -0.376 e. The summed E-state index contributed by atoms with van der Waals surface area (Å²) >= 11 is 0. The van der Waals surface area contributed by atoms with E-state index in [1.807, 2.05) is 17.9 Å². The average molecular weight is 320 g/mol. The zero-order chi connectivity index (χ0) is 15.9. The van der Waals surface area contributed by atoms with Gasteiger partial charge in [-0.25, -0.2) is 0 Å². The van der Waals surface area contributed by atoms with Gasteiger partial charge in [-0.1, -0.05) is 5.16 Å². The second-order valence-electron chi connectivity index (χ2n) is 6.96. The van der Waals surface area contributed by atoms with E-state index in [1.165, 1.54) is 0 Å². The Morgan fingerprint density at radius 3 is 2.91 bits per heavy atom. The molecular formula is C17H24N2O4. The van der Waals surface area contributed by atoms with Crippen molar-refractivity contribution in [1.29, 1.82) is 0 Å². The third kappa shape index (κ3) is 3.02. The molecule has 1 saturated carbocycles. The first-order valence-electron chi connectivity index (χ1n) is 8.70. The van der Waals surface area contributed by atoms with E-state index in [1.54, 1.807) is 0 Å². The van der Waals surface area contributed by atoms with Crippen LogP contribution in [0.1, 0.15) is 61.2 Å². The Kier molecular flexibility index (Phi) is 3.89.